The van der Waals surface area contributed by atoms with Crippen molar-refractivity contribution in [3.05, 3.63) is 17.0 Å². The van der Waals surface area contributed by atoms with Crippen LogP contribution in [0.5, 0.6) is 0 Å². The Morgan fingerprint density at radius 1 is 1.18 bits per heavy atom. The Morgan fingerprint density at radius 3 is 2.29 bits per heavy atom. The second-order valence-electron chi connectivity index (χ2n) is 5.40. The van der Waals surface area contributed by atoms with Crippen LogP contribution in [0.1, 0.15) is 57.1 Å². The summed E-state index contributed by atoms with van der Waals surface area (Å²) in [5, 5.41) is 8.08. The summed E-state index contributed by atoms with van der Waals surface area (Å²) in [6, 6.07) is 1.03. The standard InChI is InChI=1S/C14H27N3/c1-10(2)15-9-7-8-14-12(5)16-17(11(3)4)13(14)6/h10-11,15H,7-9H2,1-6H3. The van der Waals surface area contributed by atoms with Crippen LogP contribution in [0, 0.1) is 13.8 Å². The van der Waals surface area contributed by atoms with Crippen molar-refractivity contribution >= 4 is 0 Å². The van der Waals surface area contributed by atoms with Gasteiger partial charge in [-0.1, -0.05) is 13.8 Å². The molecule has 0 saturated carbocycles. The Balaban J connectivity index is 2.59. The predicted molar refractivity (Wildman–Crippen MR) is 73.5 cm³/mol. The van der Waals surface area contributed by atoms with Gasteiger partial charge in [0.15, 0.2) is 0 Å². The number of rotatable bonds is 6. The van der Waals surface area contributed by atoms with Gasteiger partial charge in [-0.2, -0.15) is 5.10 Å². The molecule has 0 fully saturated rings. The van der Waals surface area contributed by atoms with Crippen LogP contribution in [0.3, 0.4) is 0 Å². The Hall–Kier alpha value is -0.830. The van der Waals surface area contributed by atoms with Gasteiger partial charge in [0, 0.05) is 17.8 Å². The lowest BCUT2D eigenvalue weighted by Crippen LogP contribution is -2.24. The molecule has 1 N–H and O–H groups in total. The lowest BCUT2D eigenvalue weighted by Gasteiger charge is -2.09. The van der Waals surface area contributed by atoms with E-state index in [1.807, 2.05) is 0 Å². The van der Waals surface area contributed by atoms with Gasteiger partial charge in [0.1, 0.15) is 0 Å². The molecule has 0 unspecified atom stereocenters. The number of aromatic nitrogens is 2. The molecule has 0 aliphatic carbocycles. The lowest BCUT2D eigenvalue weighted by molar-refractivity contribution is 0.515. The van der Waals surface area contributed by atoms with Gasteiger partial charge in [0.25, 0.3) is 0 Å². The highest BCUT2D eigenvalue weighted by Gasteiger charge is 2.12. The molecule has 0 aromatic carbocycles. The van der Waals surface area contributed by atoms with Gasteiger partial charge < -0.3 is 5.32 Å². The average molecular weight is 237 g/mol. The smallest absolute Gasteiger partial charge is 0.0628 e. The van der Waals surface area contributed by atoms with Crippen molar-refractivity contribution in [2.75, 3.05) is 6.54 Å². The molecule has 0 saturated heterocycles. The highest BCUT2D eigenvalue weighted by atomic mass is 15.3. The maximum Gasteiger partial charge on any atom is 0.0628 e. The zero-order chi connectivity index (χ0) is 13.0. The van der Waals surface area contributed by atoms with Gasteiger partial charge in [-0.05, 0) is 52.6 Å². The van der Waals surface area contributed by atoms with Crippen LogP contribution in [0.15, 0.2) is 0 Å². The van der Waals surface area contributed by atoms with Gasteiger partial charge >= 0.3 is 0 Å². The van der Waals surface area contributed by atoms with Crippen molar-refractivity contribution in [2.45, 2.75) is 66.5 Å². The number of nitrogens with one attached hydrogen (secondary N) is 1. The van der Waals surface area contributed by atoms with Crippen LogP contribution in [0.25, 0.3) is 0 Å². The minimum atomic E-state index is 0.455. The predicted octanol–water partition coefficient (Wildman–Crippen LogP) is 3.01. The van der Waals surface area contributed by atoms with Crippen molar-refractivity contribution in [1.29, 1.82) is 0 Å². The monoisotopic (exact) mass is 237 g/mol. The van der Waals surface area contributed by atoms with E-state index in [0.717, 1.165) is 13.0 Å². The third-order valence-corrected chi connectivity index (χ3v) is 3.12. The molecule has 0 aliphatic heterocycles. The van der Waals surface area contributed by atoms with Gasteiger partial charge in [0.2, 0.25) is 0 Å². The third kappa shape index (κ3) is 3.84. The van der Waals surface area contributed by atoms with E-state index in [2.05, 4.69) is 56.6 Å². The number of hydrogen-bond acceptors (Lipinski definition) is 2. The first kappa shape index (κ1) is 14.2. The number of nitrogens with zero attached hydrogens (tertiary/aromatic N) is 2. The van der Waals surface area contributed by atoms with Crippen LogP contribution in [-0.4, -0.2) is 22.4 Å². The van der Waals surface area contributed by atoms with Crippen LogP contribution >= 0.6 is 0 Å². The van der Waals surface area contributed by atoms with E-state index in [1.165, 1.54) is 23.4 Å². The molecule has 1 aromatic heterocycles. The Labute approximate surface area is 106 Å². The molecule has 98 valence electrons. The largest absolute Gasteiger partial charge is 0.315 e. The molecule has 3 heteroatoms. The summed E-state index contributed by atoms with van der Waals surface area (Å²) in [6.07, 6.45) is 2.31. The minimum absolute atomic E-state index is 0.455. The zero-order valence-electron chi connectivity index (χ0n) is 12.2. The Morgan fingerprint density at radius 2 is 1.82 bits per heavy atom. The zero-order valence-corrected chi connectivity index (χ0v) is 12.2. The maximum atomic E-state index is 4.62. The molecule has 1 heterocycles. The highest BCUT2D eigenvalue weighted by Crippen LogP contribution is 2.18. The molecule has 17 heavy (non-hydrogen) atoms. The first-order valence-electron chi connectivity index (χ1n) is 6.71. The van der Waals surface area contributed by atoms with Crippen LogP contribution in [0.4, 0.5) is 0 Å². The summed E-state index contributed by atoms with van der Waals surface area (Å²) in [4.78, 5) is 0. The number of aryl methyl sites for hydroxylation is 1. The van der Waals surface area contributed by atoms with E-state index in [0.29, 0.717) is 12.1 Å². The molecule has 0 amide bonds. The van der Waals surface area contributed by atoms with Crippen molar-refractivity contribution in [3.8, 4) is 0 Å². The maximum absolute atomic E-state index is 4.62. The molecule has 3 nitrogen and oxygen atoms in total. The normalized spacial score (nSPS) is 11.8. The molecule has 0 atom stereocenters. The fourth-order valence-corrected chi connectivity index (χ4v) is 2.22. The molecule has 1 rings (SSSR count). The first-order chi connectivity index (χ1) is 7.93. The molecule has 0 radical (unpaired) electrons. The van der Waals surface area contributed by atoms with Crippen molar-refractivity contribution in [2.24, 2.45) is 0 Å². The summed E-state index contributed by atoms with van der Waals surface area (Å²) in [6.45, 7) is 14.1. The molecule has 0 bridgehead atoms. The van der Waals surface area contributed by atoms with Crippen LogP contribution < -0.4 is 5.32 Å². The average Bonchev–Trinajstić information content (AvgIpc) is 2.50. The highest BCUT2D eigenvalue weighted by molar-refractivity contribution is 5.25. The Bertz CT molecular complexity index is 351. The van der Waals surface area contributed by atoms with Gasteiger partial charge in [-0.15, -0.1) is 0 Å². The molecule has 0 aliphatic rings. The summed E-state index contributed by atoms with van der Waals surface area (Å²) in [5.41, 5.74) is 3.96. The fraction of sp³-hybridized carbons (Fsp3) is 0.786. The lowest BCUT2D eigenvalue weighted by atomic mass is 10.1. The molecule has 1 aromatic rings. The van der Waals surface area contributed by atoms with Gasteiger partial charge in [-0.25, -0.2) is 0 Å². The van der Waals surface area contributed by atoms with E-state index >= 15 is 0 Å². The summed E-state index contributed by atoms with van der Waals surface area (Å²) >= 11 is 0. The van der Waals surface area contributed by atoms with Gasteiger partial charge in [-0.3, -0.25) is 4.68 Å². The van der Waals surface area contributed by atoms with Crippen LogP contribution in [0.2, 0.25) is 0 Å². The van der Waals surface area contributed by atoms with E-state index in [4.69, 9.17) is 0 Å². The summed E-state index contributed by atoms with van der Waals surface area (Å²) < 4.78 is 2.14. The van der Waals surface area contributed by atoms with E-state index in [9.17, 15) is 0 Å². The topological polar surface area (TPSA) is 29.9 Å². The number of hydrogen-bond donors (Lipinski definition) is 1. The second kappa shape index (κ2) is 6.20. The molecule has 0 spiro atoms. The fourth-order valence-electron chi connectivity index (χ4n) is 2.22. The van der Waals surface area contributed by atoms with Crippen molar-refractivity contribution < 1.29 is 0 Å². The molecular formula is C14H27N3. The van der Waals surface area contributed by atoms with Crippen LogP contribution in [-0.2, 0) is 6.42 Å². The van der Waals surface area contributed by atoms with Crippen molar-refractivity contribution in [3.63, 3.8) is 0 Å². The van der Waals surface area contributed by atoms with E-state index in [1.54, 1.807) is 0 Å². The first-order valence-corrected chi connectivity index (χ1v) is 6.71. The SMILES string of the molecule is Cc1nn(C(C)C)c(C)c1CCCNC(C)C. The summed E-state index contributed by atoms with van der Waals surface area (Å²) in [5.74, 6) is 0. The van der Waals surface area contributed by atoms with Crippen molar-refractivity contribution in [1.82, 2.24) is 15.1 Å². The quantitative estimate of drug-likeness (QED) is 0.771. The third-order valence-electron chi connectivity index (χ3n) is 3.12. The Kier molecular flexibility index (Phi) is 5.19. The second-order valence-corrected chi connectivity index (χ2v) is 5.40. The summed E-state index contributed by atoms with van der Waals surface area (Å²) in [7, 11) is 0. The minimum Gasteiger partial charge on any atom is -0.315 e. The van der Waals surface area contributed by atoms with Gasteiger partial charge in [0.05, 0.1) is 5.69 Å². The van der Waals surface area contributed by atoms with E-state index < -0.39 is 0 Å². The molecular weight excluding hydrogens is 210 g/mol. The van der Waals surface area contributed by atoms with E-state index in [-0.39, 0.29) is 0 Å².